The first-order chi connectivity index (χ1) is 15.6. The molecule has 0 unspecified atom stereocenters. The molecule has 2 fully saturated rings. The fourth-order valence-electron chi connectivity index (χ4n) is 4.22. The first-order valence-electron chi connectivity index (χ1n) is 10.8. The van der Waals surface area contributed by atoms with Gasteiger partial charge in [0.25, 0.3) is 0 Å². The van der Waals surface area contributed by atoms with Crippen LogP contribution in [0.2, 0.25) is 0 Å². The van der Waals surface area contributed by atoms with Gasteiger partial charge in [-0.3, -0.25) is 4.40 Å². The third-order valence-corrected chi connectivity index (χ3v) is 5.93. The van der Waals surface area contributed by atoms with Gasteiger partial charge in [0.05, 0.1) is 6.20 Å². The van der Waals surface area contributed by atoms with E-state index in [0.29, 0.717) is 55.0 Å². The Balaban J connectivity index is 1.50. The highest BCUT2D eigenvalue weighted by atomic mass is 19.1. The Morgan fingerprint density at radius 1 is 1.22 bits per heavy atom. The van der Waals surface area contributed by atoms with Crippen LogP contribution >= 0.6 is 0 Å². The summed E-state index contributed by atoms with van der Waals surface area (Å²) < 4.78 is 15.5. The van der Waals surface area contributed by atoms with Crippen molar-refractivity contribution < 1.29 is 14.3 Å². The average Bonchev–Trinajstić information content (AvgIpc) is 3.23. The number of carboxylic acid groups (broad SMARTS) is 1. The van der Waals surface area contributed by atoms with Crippen LogP contribution in [0.3, 0.4) is 0 Å². The summed E-state index contributed by atoms with van der Waals surface area (Å²) in [5.41, 5.74) is 1.20. The summed E-state index contributed by atoms with van der Waals surface area (Å²) in [6.45, 7) is 3.76. The van der Waals surface area contributed by atoms with Gasteiger partial charge in [0.15, 0.2) is 5.82 Å². The molecule has 32 heavy (non-hydrogen) atoms. The van der Waals surface area contributed by atoms with Crippen LogP contribution in [-0.4, -0.2) is 80.8 Å². The number of pyridine rings is 1. The van der Waals surface area contributed by atoms with Crippen molar-refractivity contribution in [3.05, 3.63) is 36.4 Å². The van der Waals surface area contributed by atoms with E-state index < -0.39 is 6.09 Å². The normalized spacial score (nSPS) is 19.3. The fraction of sp³-hybridized carbons (Fsp3) is 0.429. The molecule has 168 valence electrons. The minimum absolute atomic E-state index is 0.253. The lowest BCUT2D eigenvalue weighted by molar-refractivity contribution is 0.142. The third kappa shape index (κ3) is 4.15. The van der Waals surface area contributed by atoms with Crippen LogP contribution in [0.25, 0.3) is 17.2 Å². The van der Waals surface area contributed by atoms with Crippen molar-refractivity contribution in [3.63, 3.8) is 0 Å². The summed E-state index contributed by atoms with van der Waals surface area (Å²) in [4.78, 5) is 28.5. The first kappa shape index (κ1) is 20.4. The van der Waals surface area contributed by atoms with E-state index >= 15 is 0 Å². The molecule has 11 heteroatoms. The summed E-state index contributed by atoms with van der Waals surface area (Å²) in [6.07, 6.45) is 4.24. The lowest BCUT2D eigenvalue weighted by Crippen LogP contribution is -2.48. The number of amides is 1. The van der Waals surface area contributed by atoms with Gasteiger partial charge in [-0.05, 0) is 31.5 Å². The number of rotatable bonds is 4. The van der Waals surface area contributed by atoms with Crippen LogP contribution in [0, 0.1) is 5.82 Å². The third-order valence-electron chi connectivity index (χ3n) is 5.93. The Labute approximate surface area is 184 Å². The Bertz CT molecular complexity index is 1120. The second-order valence-electron chi connectivity index (χ2n) is 8.10. The molecule has 2 aliphatic heterocycles. The highest BCUT2D eigenvalue weighted by molar-refractivity contribution is 5.66. The molecule has 0 aliphatic carbocycles. The maximum atomic E-state index is 13.9. The number of aromatic nitrogens is 4. The number of imidazole rings is 1. The Hall–Kier alpha value is -3.47. The number of fused-ring (bicyclic) bond motifs is 1. The van der Waals surface area contributed by atoms with E-state index in [9.17, 15) is 14.3 Å². The van der Waals surface area contributed by atoms with Crippen LogP contribution in [0.5, 0.6) is 0 Å². The molecule has 5 rings (SSSR count). The molecule has 10 nitrogen and oxygen atoms in total. The number of piperidine rings is 1. The van der Waals surface area contributed by atoms with Crippen LogP contribution < -0.4 is 15.5 Å². The number of halogens is 1. The summed E-state index contributed by atoms with van der Waals surface area (Å²) in [6, 6.07) is 5.13. The molecule has 1 atom stereocenters. The molecular formula is C21H25FN8O2. The smallest absolute Gasteiger partial charge is 0.407 e. The van der Waals surface area contributed by atoms with Crippen LogP contribution in [0.1, 0.15) is 12.8 Å². The highest BCUT2D eigenvalue weighted by Gasteiger charge is 2.23. The minimum Gasteiger partial charge on any atom is -0.465 e. The van der Waals surface area contributed by atoms with Gasteiger partial charge in [-0.25, -0.2) is 24.1 Å². The zero-order chi connectivity index (χ0) is 22.1. The molecule has 0 spiro atoms. The Kier molecular flexibility index (Phi) is 5.48. The molecule has 1 amide bonds. The summed E-state index contributed by atoms with van der Waals surface area (Å²) in [7, 11) is 0. The van der Waals surface area contributed by atoms with E-state index in [1.54, 1.807) is 16.7 Å². The van der Waals surface area contributed by atoms with Crippen molar-refractivity contribution >= 4 is 23.4 Å². The van der Waals surface area contributed by atoms with E-state index in [2.05, 4.69) is 20.5 Å². The van der Waals surface area contributed by atoms with E-state index in [1.165, 1.54) is 17.2 Å². The van der Waals surface area contributed by atoms with E-state index in [0.717, 1.165) is 25.9 Å². The molecule has 2 aliphatic rings. The quantitative estimate of drug-likeness (QED) is 0.564. The predicted octanol–water partition coefficient (Wildman–Crippen LogP) is 1.89. The lowest BCUT2D eigenvalue weighted by Gasteiger charge is -2.34. The van der Waals surface area contributed by atoms with Crippen molar-refractivity contribution in [2.75, 3.05) is 49.5 Å². The van der Waals surface area contributed by atoms with Gasteiger partial charge < -0.3 is 25.5 Å². The van der Waals surface area contributed by atoms with Gasteiger partial charge in [-0.1, -0.05) is 0 Å². The van der Waals surface area contributed by atoms with Crippen molar-refractivity contribution in [2.24, 2.45) is 0 Å². The summed E-state index contributed by atoms with van der Waals surface area (Å²) >= 11 is 0. The minimum atomic E-state index is -0.909. The summed E-state index contributed by atoms with van der Waals surface area (Å²) in [5.74, 6) is 1.46. The molecular weight excluding hydrogens is 415 g/mol. The second-order valence-corrected chi connectivity index (χ2v) is 8.10. The largest absolute Gasteiger partial charge is 0.465 e. The lowest BCUT2D eigenvalue weighted by atomic mass is 10.1. The molecule has 0 aromatic carbocycles. The molecule has 0 bridgehead atoms. The number of carbonyl (C=O) groups is 1. The van der Waals surface area contributed by atoms with Gasteiger partial charge in [0.2, 0.25) is 0 Å². The zero-order valence-corrected chi connectivity index (χ0v) is 17.5. The van der Waals surface area contributed by atoms with Gasteiger partial charge in [-0.15, -0.1) is 0 Å². The molecule has 0 radical (unpaired) electrons. The van der Waals surface area contributed by atoms with Crippen molar-refractivity contribution in [1.82, 2.24) is 29.6 Å². The van der Waals surface area contributed by atoms with E-state index in [4.69, 9.17) is 9.97 Å². The number of nitrogens with zero attached hydrogens (tertiary/aromatic N) is 6. The van der Waals surface area contributed by atoms with E-state index in [-0.39, 0.29) is 11.9 Å². The van der Waals surface area contributed by atoms with Gasteiger partial charge >= 0.3 is 6.09 Å². The maximum Gasteiger partial charge on any atom is 0.407 e. The number of hydrogen-bond donors (Lipinski definition) is 3. The standard InChI is InChI=1S/C21H25FN8O2/c22-14-3-4-18-24-12-16(30(18)13-14)20-26-17(25-15-2-1-5-23-11-15)10-19(27-20)28-6-8-29(9-7-28)21(31)32/h3-4,10,12-13,15,23H,1-2,5-9,11H2,(H,31,32)(H,25,26,27)/t15-/m1/s1. The topological polar surface area (TPSA) is 111 Å². The molecule has 3 N–H and O–H groups in total. The van der Waals surface area contributed by atoms with Crippen LogP contribution in [0.15, 0.2) is 30.6 Å². The Morgan fingerprint density at radius 3 is 2.81 bits per heavy atom. The number of anilines is 2. The summed E-state index contributed by atoms with van der Waals surface area (Å²) in [5, 5.41) is 16.1. The number of piperazine rings is 1. The van der Waals surface area contributed by atoms with Crippen molar-refractivity contribution in [1.29, 1.82) is 0 Å². The SMILES string of the molecule is O=C(O)N1CCN(c2cc(N[C@@H]3CCCNC3)nc(-c3cnc4ccc(F)cn34)n2)CC1. The molecule has 0 saturated carbocycles. The number of nitrogens with one attached hydrogen (secondary N) is 2. The first-order valence-corrected chi connectivity index (χ1v) is 10.8. The predicted molar refractivity (Wildman–Crippen MR) is 118 cm³/mol. The maximum absolute atomic E-state index is 13.9. The molecule has 3 aromatic heterocycles. The molecule has 2 saturated heterocycles. The van der Waals surface area contributed by atoms with Gasteiger partial charge in [0, 0.05) is 51.0 Å². The van der Waals surface area contributed by atoms with Crippen molar-refractivity contribution in [2.45, 2.75) is 18.9 Å². The number of hydrogen-bond acceptors (Lipinski definition) is 7. The highest BCUT2D eigenvalue weighted by Crippen LogP contribution is 2.25. The Morgan fingerprint density at radius 2 is 2.06 bits per heavy atom. The van der Waals surface area contributed by atoms with Crippen LogP contribution in [0.4, 0.5) is 20.8 Å². The molecule has 5 heterocycles. The molecule has 3 aromatic rings. The van der Waals surface area contributed by atoms with E-state index in [1.807, 2.05) is 6.07 Å². The van der Waals surface area contributed by atoms with Crippen molar-refractivity contribution in [3.8, 4) is 11.5 Å². The van der Waals surface area contributed by atoms with Gasteiger partial charge in [0.1, 0.15) is 28.8 Å². The van der Waals surface area contributed by atoms with Crippen LogP contribution in [-0.2, 0) is 0 Å². The second kappa shape index (κ2) is 8.58. The monoisotopic (exact) mass is 440 g/mol. The fourth-order valence-corrected chi connectivity index (χ4v) is 4.22. The van der Waals surface area contributed by atoms with Gasteiger partial charge in [-0.2, -0.15) is 0 Å². The average molecular weight is 440 g/mol. The zero-order valence-electron chi connectivity index (χ0n) is 17.5.